The highest BCUT2D eigenvalue weighted by Crippen LogP contribution is 2.39. The first-order chi connectivity index (χ1) is 18.7. The number of hydrogen-bond acceptors (Lipinski definition) is 4. The fourth-order valence-electron chi connectivity index (χ4n) is 4.81. The molecule has 0 saturated heterocycles. The summed E-state index contributed by atoms with van der Waals surface area (Å²) in [6.07, 6.45) is 0. The minimum atomic E-state index is 0.573. The van der Waals surface area contributed by atoms with E-state index in [0.29, 0.717) is 28.1 Å². The number of furan rings is 1. The summed E-state index contributed by atoms with van der Waals surface area (Å²) < 4.78 is 6.14. The molecule has 5 heteroatoms. The number of rotatable bonds is 4. The maximum Gasteiger partial charge on any atom is 0.164 e. The zero-order valence-corrected chi connectivity index (χ0v) is 20.9. The third kappa shape index (κ3) is 3.92. The first-order valence-corrected chi connectivity index (χ1v) is 12.7. The Bertz CT molecular complexity index is 1930. The van der Waals surface area contributed by atoms with Gasteiger partial charge in [0.2, 0.25) is 0 Å². The van der Waals surface area contributed by atoms with Gasteiger partial charge in [-0.25, -0.2) is 15.0 Å². The highest BCUT2D eigenvalue weighted by Gasteiger charge is 2.18. The zero-order chi connectivity index (χ0) is 25.5. The molecule has 0 spiro atoms. The molecule has 0 aliphatic heterocycles. The van der Waals surface area contributed by atoms with Crippen molar-refractivity contribution in [2.75, 3.05) is 0 Å². The second kappa shape index (κ2) is 9.25. The Labute approximate surface area is 224 Å². The molecule has 0 radical (unpaired) electrons. The molecule has 0 unspecified atom stereocenters. The van der Waals surface area contributed by atoms with E-state index in [1.54, 1.807) is 0 Å². The van der Waals surface area contributed by atoms with Crippen molar-refractivity contribution >= 4 is 33.5 Å². The van der Waals surface area contributed by atoms with Crippen molar-refractivity contribution in [3.05, 3.63) is 126 Å². The molecule has 180 valence electrons. The van der Waals surface area contributed by atoms with Gasteiger partial charge in [-0.1, -0.05) is 115 Å². The molecule has 0 atom stereocenters. The van der Waals surface area contributed by atoms with Crippen LogP contribution in [0.3, 0.4) is 0 Å². The molecule has 2 heterocycles. The lowest BCUT2D eigenvalue weighted by molar-refractivity contribution is 0.669. The molecular weight excluding hydrogens is 490 g/mol. The largest absolute Gasteiger partial charge is 0.454 e. The van der Waals surface area contributed by atoms with Crippen LogP contribution in [0, 0.1) is 0 Å². The Morgan fingerprint density at radius 1 is 0.500 bits per heavy atom. The number of fused-ring (bicyclic) bond motifs is 3. The smallest absolute Gasteiger partial charge is 0.164 e. The van der Waals surface area contributed by atoms with E-state index in [0.717, 1.165) is 44.2 Å². The fourth-order valence-corrected chi connectivity index (χ4v) is 5.02. The summed E-state index contributed by atoms with van der Waals surface area (Å²) in [5, 5.41) is 2.43. The highest BCUT2D eigenvalue weighted by molar-refractivity contribution is 6.36. The lowest BCUT2D eigenvalue weighted by atomic mass is 10.0. The molecule has 0 N–H and O–H groups in total. The Morgan fingerprint density at radius 3 is 1.89 bits per heavy atom. The van der Waals surface area contributed by atoms with Gasteiger partial charge in [-0.2, -0.15) is 0 Å². The summed E-state index contributed by atoms with van der Waals surface area (Å²) in [7, 11) is 0. The van der Waals surface area contributed by atoms with Gasteiger partial charge in [0.15, 0.2) is 23.1 Å². The van der Waals surface area contributed by atoms with E-state index in [4.69, 9.17) is 31.0 Å². The first-order valence-electron chi connectivity index (χ1n) is 12.3. The van der Waals surface area contributed by atoms with E-state index in [2.05, 4.69) is 24.3 Å². The van der Waals surface area contributed by atoms with Gasteiger partial charge in [0.25, 0.3) is 0 Å². The number of hydrogen-bond donors (Lipinski definition) is 0. The number of halogens is 1. The van der Waals surface area contributed by atoms with Crippen molar-refractivity contribution in [1.29, 1.82) is 0 Å². The molecule has 7 aromatic rings. The Morgan fingerprint density at radius 2 is 1.11 bits per heavy atom. The molecule has 0 saturated carbocycles. The summed E-state index contributed by atoms with van der Waals surface area (Å²) in [6.45, 7) is 0. The molecule has 0 bridgehead atoms. The summed E-state index contributed by atoms with van der Waals surface area (Å²) in [5.41, 5.74) is 6.33. The van der Waals surface area contributed by atoms with Gasteiger partial charge in [-0.15, -0.1) is 0 Å². The average molecular weight is 510 g/mol. The summed E-state index contributed by atoms with van der Waals surface area (Å²) in [5.74, 6) is 1.79. The molecule has 0 fully saturated rings. The van der Waals surface area contributed by atoms with Crippen molar-refractivity contribution < 1.29 is 4.42 Å². The zero-order valence-electron chi connectivity index (χ0n) is 20.2. The van der Waals surface area contributed by atoms with Gasteiger partial charge in [0, 0.05) is 27.5 Å². The van der Waals surface area contributed by atoms with Gasteiger partial charge >= 0.3 is 0 Å². The summed E-state index contributed by atoms with van der Waals surface area (Å²) in [4.78, 5) is 14.8. The highest BCUT2D eigenvalue weighted by atomic mass is 35.5. The van der Waals surface area contributed by atoms with Gasteiger partial charge in [0.05, 0.1) is 5.02 Å². The summed E-state index contributed by atoms with van der Waals surface area (Å²) in [6, 6.07) is 40.3. The Kier molecular flexibility index (Phi) is 5.46. The van der Waals surface area contributed by atoms with E-state index in [1.165, 1.54) is 0 Å². The van der Waals surface area contributed by atoms with Crippen LogP contribution in [0.4, 0.5) is 0 Å². The monoisotopic (exact) mass is 509 g/mol. The van der Waals surface area contributed by atoms with Crippen LogP contribution >= 0.6 is 11.6 Å². The van der Waals surface area contributed by atoms with E-state index in [1.807, 2.05) is 97.1 Å². The number of benzene rings is 5. The van der Waals surface area contributed by atoms with Crippen molar-refractivity contribution in [2.24, 2.45) is 0 Å². The van der Waals surface area contributed by atoms with Crippen molar-refractivity contribution in [2.45, 2.75) is 0 Å². The topological polar surface area (TPSA) is 51.8 Å². The SMILES string of the molecule is Clc1cccc2c1oc1cccc(-c3nc(-c4ccccc4)nc(-c4cccc(-c5ccccc5)c4)n3)c12. The van der Waals surface area contributed by atoms with E-state index >= 15 is 0 Å². The molecule has 0 aliphatic rings. The second-order valence-electron chi connectivity index (χ2n) is 9.02. The van der Waals surface area contributed by atoms with Crippen molar-refractivity contribution in [1.82, 2.24) is 15.0 Å². The third-order valence-electron chi connectivity index (χ3n) is 6.61. The summed E-state index contributed by atoms with van der Waals surface area (Å²) >= 11 is 6.47. The van der Waals surface area contributed by atoms with Crippen molar-refractivity contribution in [3.63, 3.8) is 0 Å². The standard InChI is InChI=1S/C33H20ClN3O/c34-27-18-8-16-25-29-26(17-9-19-28(29)38-30(25)27)33-36-31(22-12-5-2-6-13-22)35-32(37-33)24-15-7-14-23(20-24)21-10-3-1-4-11-21/h1-20H. The number of para-hydroxylation sites is 1. The van der Waals surface area contributed by atoms with Crippen LogP contribution in [0.25, 0.3) is 67.2 Å². The molecule has 5 aromatic carbocycles. The maximum atomic E-state index is 6.47. The predicted molar refractivity (Wildman–Crippen MR) is 154 cm³/mol. The van der Waals surface area contributed by atoms with Gasteiger partial charge < -0.3 is 4.42 Å². The van der Waals surface area contributed by atoms with E-state index in [-0.39, 0.29) is 0 Å². The third-order valence-corrected chi connectivity index (χ3v) is 6.91. The second-order valence-corrected chi connectivity index (χ2v) is 9.42. The van der Waals surface area contributed by atoms with Crippen LogP contribution in [0.15, 0.2) is 126 Å². The van der Waals surface area contributed by atoms with Crippen LogP contribution < -0.4 is 0 Å². The maximum absolute atomic E-state index is 6.47. The Hall–Kier alpha value is -4.80. The number of aromatic nitrogens is 3. The lowest BCUT2D eigenvalue weighted by Crippen LogP contribution is -2.00. The van der Waals surface area contributed by atoms with Crippen LogP contribution in [0.5, 0.6) is 0 Å². The molecule has 0 amide bonds. The fraction of sp³-hybridized carbons (Fsp3) is 0. The van der Waals surface area contributed by atoms with Crippen LogP contribution in [0.1, 0.15) is 0 Å². The van der Waals surface area contributed by atoms with Crippen LogP contribution in [-0.4, -0.2) is 15.0 Å². The number of nitrogens with zero attached hydrogens (tertiary/aromatic N) is 3. The lowest BCUT2D eigenvalue weighted by Gasteiger charge is -2.10. The predicted octanol–water partition coefficient (Wildman–Crippen LogP) is 9.09. The molecule has 2 aromatic heterocycles. The Balaban J connectivity index is 1.48. The average Bonchev–Trinajstić information content (AvgIpc) is 3.38. The quantitative estimate of drug-likeness (QED) is 0.237. The van der Waals surface area contributed by atoms with Gasteiger partial charge in [0.1, 0.15) is 5.58 Å². The van der Waals surface area contributed by atoms with Crippen LogP contribution in [0.2, 0.25) is 5.02 Å². The minimum Gasteiger partial charge on any atom is -0.454 e. The molecule has 4 nitrogen and oxygen atoms in total. The van der Waals surface area contributed by atoms with Crippen molar-refractivity contribution in [3.8, 4) is 45.3 Å². The minimum absolute atomic E-state index is 0.573. The van der Waals surface area contributed by atoms with Gasteiger partial charge in [-0.05, 0) is 29.3 Å². The normalized spacial score (nSPS) is 11.3. The van der Waals surface area contributed by atoms with Crippen LogP contribution in [-0.2, 0) is 0 Å². The van der Waals surface area contributed by atoms with E-state index in [9.17, 15) is 0 Å². The first kappa shape index (κ1) is 22.4. The molecular formula is C33H20ClN3O. The van der Waals surface area contributed by atoms with Gasteiger partial charge in [-0.3, -0.25) is 0 Å². The molecule has 38 heavy (non-hydrogen) atoms. The molecule has 0 aliphatic carbocycles. The van der Waals surface area contributed by atoms with E-state index < -0.39 is 0 Å². The molecule has 7 rings (SSSR count).